The molecule has 0 radical (unpaired) electrons. The molecule has 1 aliphatic rings. The van der Waals surface area contributed by atoms with Gasteiger partial charge in [-0.25, -0.2) is 14.2 Å². The van der Waals surface area contributed by atoms with Crippen LogP contribution in [0.3, 0.4) is 0 Å². The molecular weight excluding hydrogens is 377 g/mol. The maximum atomic E-state index is 13.9. The van der Waals surface area contributed by atoms with Gasteiger partial charge in [0.15, 0.2) is 17.3 Å². The minimum Gasteiger partial charge on any atom is -0.494 e. The van der Waals surface area contributed by atoms with Crippen molar-refractivity contribution in [1.82, 2.24) is 9.88 Å². The summed E-state index contributed by atoms with van der Waals surface area (Å²) in [6, 6.07) is 7.54. The fourth-order valence-electron chi connectivity index (χ4n) is 3.40. The van der Waals surface area contributed by atoms with Crippen molar-refractivity contribution in [2.45, 2.75) is 12.8 Å². The predicted molar refractivity (Wildman–Crippen MR) is 106 cm³/mol. The number of anilines is 1. The van der Waals surface area contributed by atoms with Gasteiger partial charge in [0.05, 0.1) is 26.1 Å². The van der Waals surface area contributed by atoms with Crippen LogP contribution in [0, 0.1) is 11.7 Å². The average Bonchev–Trinajstić information content (AvgIpc) is 2.77. The second-order valence-corrected chi connectivity index (χ2v) is 6.88. The molecule has 1 saturated heterocycles. The van der Waals surface area contributed by atoms with Gasteiger partial charge in [0, 0.05) is 37.7 Å². The molecule has 0 aliphatic carbocycles. The smallest absolute Gasteiger partial charge is 0.324 e. The summed E-state index contributed by atoms with van der Waals surface area (Å²) < 4.78 is 23.8. The molecule has 1 aromatic carbocycles. The van der Waals surface area contributed by atoms with Crippen LogP contribution in [0.4, 0.5) is 14.9 Å². The Kier molecular flexibility index (Phi) is 6.31. The Morgan fingerprint density at radius 3 is 2.41 bits per heavy atom. The van der Waals surface area contributed by atoms with Crippen LogP contribution in [0.15, 0.2) is 36.5 Å². The molecular formula is C21H24FN3O4. The third kappa shape index (κ3) is 4.47. The SMILES string of the molecule is COc1ccc(N(C)C(=O)N2CCC(C(=O)c3ccc(OC)c(F)c3)CC2)cn1. The van der Waals surface area contributed by atoms with Gasteiger partial charge in [0.2, 0.25) is 5.88 Å². The van der Waals surface area contributed by atoms with Gasteiger partial charge in [-0.3, -0.25) is 9.69 Å². The van der Waals surface area contributed by atoms with E-state index in [0.29, 0.717) is 43.1 Å². The first kappa shape index (κ1) is 20.6. The largest absolute Gasteiger partial charge is 0.494 e. The van der Waals surface area contributed by atoms with Gasteiger partial charge in [-0.05, 0) is 37.1 Å². The van der Waals surface area contributed by atoms with Gasteiger partial charge in [-0.1, -0.05) is 0 Å². The van der Waals surface area contributed by atoms with Gasteiger partial charge < -0.3 is 14.4 Å². The van der Waals surface area contributed by atoms with Crippen LogP contribution in [0.5, 0.6) is 11.6 Å². The summed E-state index contributed by atoms with van der Waals surface area (Å²) in [5.74, 6) is -0.311. The third-order valence-electron chi connectivity index (χ3n) is 5.18. The van der Waals surface area contributed by atoms with Crippen LogP contribution >= 0.6 is 0 Å². The number of ketones is 1. The highest BCUT2D eigenvalue weighted by molar-refractivity contribution is 5.98. The monoisotopic (exact) mass is 401 g/mol. The summed E-state index contributed by atoms with van der Waals surface area (Å²) in [4.78, 5) is 32.8. The lowest BCUT2D eigenvalue weighted by Crippen LogP contribution is -2.46. The number of Topliss-reactive ketones (excluding diaryl/α,β-unsaturated/α-hetero) is 1. The quantitative estimate of drug-likeness (QED) is 0.718. The first-order chi connectivity index (χ1) is 13.9. The summed E-state index contributed by atoms with van der Waals surface area (Å²) in [6.45, 7) is 0.920. The zero-order chi connectivity index (χ0) is 21.0. The molecule has 3 rings (SSSR count). The molecule has 0 spiro atoms. The molecule has 0 N–H and O–H groups in total. The fourth-order valence-corrected chi connectivity index (χ4v) is 3.40. The number of hydrogen-bond acceptors (Lipinski definition) is 5. The molecule has 1 fully saturated rings. The van der Waals surface area contributed by atoms with E-state index in [4.69, 9.17) is 9.47 Å². The first-order valence-electron chi connectivity index (χ1n) is 9.35. The number of carbonyl (C=O) groups is 2. The van der Waals surface area contributed by atoms with E-state index in [9.17, 15) is 14.0 Å². The molecule has 154 valence electrons. The number of nitrogens with zero attached hydrogens (tertiary/aromatic N) is 3. The van der Waals surface area contributed by atoms with E-state index in [-0.39, 0.29) is 23.5 Å². The van der Waals surface area contributed by atoms with Crippen molar-refractivity contribution < 1.29 is 23.5 Å². The van der Waals surface area contributed by atoms with Crippen LogP contribution in [-0.4, -0.2) is 56.1 Å². The Balaban J connectivity index is 1.59. The Morgan fingerprint density at radius 2 is 1.86 bits per heavy atom. The Morgan fingerprint density at radius 1 is 1.14 bits per heavy atom. The van der Waals surface area contributed by atoms with E-state index in [1.807, 2.05) is 0 Å². The van der Waals surface area contributed by atoms with Crippen molar-refractivity contribution >= 4 is 17.5 Å². The highest BCUT2D eigenvalue weighted by atomic mass is 19.1. The summed E-state index contributed by atoms with van der Waals surface area (Å²) in [7, 11) is 4.59. The number of pyridine rings is 1. The molecule has 0 unspecified atom stereocenters. The maximum Gasteiger partial charge on any atom is 0.324 e. The number of amides is 2. The van der Waals surface area contributed by atoms with Crippen LogP contribution in [0.25, 0.3) is 0 Å². The number of urea groups is 1. The lowest BCUT2D eigenvalue weighted by Gasteiger charge is -2.34. The third-order valence-corrected chi connectivity index (χ3v) is 5.18. The summed E-state index contributed by atoms with van der Waals surface area (Å²) in [6.07, 6.45) is 2.64. The highest BCUT2D eigenvalue weighted by Gasteiger charge is 2.30. The number of likely N-dealkylation sites (tertiary alicyclic amines) is 1. The van der Waals surface area contributed by atoms with E-state index < -0.39 is 5.82 Å². The summed E-state index contributed by atoms with van der Waals surface area (Å²) in [5, 5.41) is 0. The molecule has 2 aromatic rings. The fraction of sp³-hybridized carbons (Fsp3) is 0.381. The van der Waals surface area contributed by atoms with E-state index >= 15 is 0 Å². The molecule has 1 aliphatic heterocycles. The Bertz CT molecular complexity index is 880. The molecule has 1 aromatic heterocycles. The van der Waals surface area contributed by atoms with E-state index in [0.717, 1.165) is 0 Å². The number of methoxy groups -OCH3 is 2. The van der Waals surface area contributed by atoms with E-state index in [2.05, 4.69) is 4.98 Å². The number of halogens is 1. The van der Waals surface area contributed by atoms with Gasteiger partial charge in [-0.15, -0.1) is 0 Å². The molecule has 0 bridgehead atoms. The molecule has 2 amide bonds. The molecule has 29 heavy (non-hydrogen) atoms. The van der Waals surface area contributed by atoms with Crippen molar-refractivity contribution in [2.24, 2.45) is 5.92 Å². The minimum atomic E-state index is -0.555. The van der Waals surface area contributed by atoms with Crippen molar-refractivity contribution in [1.29, 1.82) is 0 Å². The molecule has 7 nitrogen and oxygen atoms in total. The lowest BCUT2D eigenvalue weighted by atomic mass is 9.89. The van der Waals surface area contributed by atoms with Crippen molar-refractivity contribution in [2.75, 3.05) is 39.3 Å². The van der Waals surface area contributed by atoms with Gasteiger partial charge in [0.1, 0.15) is 0 Å². The van der Waals surface area contributed by atoms with Crippen LogP contribution in [0.1, 0.15) is 23.2 Å². The zero-order valence-corrected chi connectivity index (χ0v) is 16.7. The number of rotatable bonds is 5. The number of hydrogen-bond donors (Lipinski definition) is 0. The zero-order valence-electron chi connectivity index (χ0n) is 16.7. The van der Waals surface area contributed by atoms with Crippen molar-refractivity contribution in [3.8, 4) is 11.6 Å². The van der Waals surface area contributed by atoms with E-state index in [1.54, 1.807) is 36.3 Å². The minimum absolute atomic E-state index is 0.105. The first-order valence-corrected chi connectivity index (χ1v) is 9.35. The van der Waals surface area contributed by atoms with Gasteiger partial charge >= 0.3 is 6.03 Å². The summed E-state index contributed by atoms with van der Waals surface area (Å²) in [5.41, 5.74) is 0.984. The number of piperidine rings is 1. The summed E-state index contributed by atoms with van der Waals surface area (Å²) >= 11 is 0. The predicted octanol–water partition coefficient (Wildman–Crippen LogP) is 3.39. The molecule has 0 saturated carbocycles. The number of ether oxygens (including phenoxy) is 2. The normalized spacial score (nSPS) is 14.4. The molecule has 2 heterocycles. The standard InChI is InChI=1S/C21H24FN3O4/c1-24(16-5-7-19(29-3)23-13-16)21(27)25-10-8-14(9-11-25)20(26)15-4-6-18(28-2)17(22)12-15/h4-7,12-14H,8-11H2,1-3H3. The van der Waals surface area contributed by atoms with Gasteiger partial charge in [-0.2, -0.15) is 0 Å². The maximum absolute atomic E-state index is 13.9. The van der Waals surface area contributed by atoms with Gasteiger partial charge in [0.25, 0.3) is 0 Å². The van der Waals surface area contributed by atoms with Crippen LogP contribution in [-0.2, 0) is 0 Å². The van der Waals surface area contributed by atoms with Crippen LogP contribution < -0.4 is 14.4 Å². The van der Waals surface area contributed by atoms with Crippen molar-refractivity contribution in [3.63, 3.8) is 0 Å². The molecule has 0 atom stereocenters. The molecule has 8 heteroatoms. The van der Waals surface area contributed by atoms with E-state index in [1.165, 1.54) is 31.3 Å². The Labute approximate surface area is 169 Å². The number of aromatic nitrogens is 1. The topological polar surface area (TPSA) is 72.0 Å². The second-order valence-electron chi connectivity index (χ2n) is 6.88. The second kappa shape index (κ2) is 8.89. The average molecular weight is 401 g/mol. The number of carbonyl (C=O) groups excluding carboxylic acids is 2. The van der Waals surface area contributed by atoms with Crippen LogP contribution in [0.2, 0.25) is 0 Å². The van der Waals surface area contributed by atoms with Crippen molar-refractivity contribution in [3.05, 3.63) is 47.9 Å². The highest BCUT2D eigenvalue weighted by Crippen LogP contribution is 2.26. The lowest BCUT2D eigenvalue weighted by molar-refractivity contribution is 0.0857. The number of benzene rings is 1. The Hall–Kier alpha value is -3.16.